The summed E-state index contributed by atoms with van der Waals surface area (Å²) in [4.78, 5) is 281. The normalized spacial score (nSPS) is 24.0. The van der Waals surface area contributed by atoms with Crippen LogP contribution >= 0.6 is 33.2 Å². The number of fused-ring (bicyclic) bond motifs is 1. The van der Waals surface area contributed by atoms with Crippen LogP contribution in [0.1, 0.15) is 200 Å². The molecule has 5 aliphatic heterocycles. The highest BCUT2D eigenvalue weighted by molar-refractivity contribution is 8.76. The minimum absolute atomic E-state index is 0.00378. The van der Waals surface area contributed by atoms with E-state index in [1.54, 1.807) is 68.4 Å². The van der Waals surface area contributed by atoms with E-state index in [9.17, 15) is 67.7 Å². The van der Waals surface area contributed by atoms with Gasteiger partial charge in [0, 0.05) is 75.4 Å². The average Bonchev–Trinajstić information content (AvgIpc) is 1.64. The third-order valence-electron chi connectivity index (χ3n) is 25.0. The number of likely N-dealkylation sites (tertiary alicyclic amines) is 3. The summed E-state index contributed by atoms with van der Waals surface area (Å²) < 4.78 is 0. The first-order valence-corrected chi connectivity index (χ1v) is 51.2. The summed E-state index contributed by atoms with van der Waals surface area (Å²) in [6.45, 7) is 7.17. The largest absolute Gasteiger partial charge is 0.481 e. The van der Waals surface area contributed by atoms with Crippen molar-refractivity contribution in [2.75, 3.05) is 70.5 Å². The van der Waals surface area contributed by atoms with Crippen LogP contribution in [0.3, 0.4) is 0 Å². The smallest absolute Gasteiger partial charge is 0.303 e. The minimum atomic E-state index is -1.84. The van der Waals surface area contributed by atoms with E-state index in [-0.39, 0.29) is 179 Å². The lowest BCUT2D eigenvalue weighted by Gasteiger charge is -2.33. The number of carbonyl (C=O) groups is 19. The molecule has 140 heavy (non-hydrogen) atoms. The van der Waals surface area contributed by atoms with Crippen molar-refractivity contribution in [3.63, 3.8) is 0 Å². The average molecular weight is 2020 g/mol. The van der Waals surface area contributed by atoms with Crippen LogP contribution in [0, 0.1) is 11.3 Å². The van der Waals surface area contributed by atoms with Crippen molar-refractivity contribution in [1.82, 2.24) is 94.0 Å². The number of amides is 18. The van der Waals surface area contributed by atoms with Crippen molar-refractivity contribution < 1.29 is 101 Å². The van der Waals surface area contributed by atoms with Crippen molar-refractivity contribution in [2.45, 2.75) is 304 Å². The second-order valence-electron chi connectivity index (χ2n) is 36.1. The van der Waals surface area contributed by atoms with Crippen LogP contribution in [0.2, 0.25) is 5.02 Å². The standard InChI is InChI=1S/C92H143ClN24O21S2/c1-6-7-26-63-88(135)114-42-18-31-69(114)85(132)101-53(4)76(123)112-67(50-118)83(130)110-65(48-55-22-9-8-10-23-55)82(129)113-68(84(131)109-64(28-12-14-39-95)89(136)117-45-21-34-72(117)90(137)115-43-19-32-70(115)86(133)103-58(75(97)122)35-36-73(120)121)51-140-139-46-37-62(80(127)104-59(27-11-13-38-94)77(124)106-61(30-17-41-100-92(98)99)78(125)105-60(29-16-40-96)79(126)108-63)107-81(128)66(49-56-24-15-25-57(93)47-56)111-87(134)71-33-20-44-116(71)91(138)74(52(2)3)102-54(5)119/h8-10,15,22-25,47,52-53,58-72,74,118H,6-7,11-14,16-21,26-46,48-51,94-96H2,1-5H3,(H2,97,122)(H,101,132)(H,102,119)(H,103,133)(H,104,127)(H,105,125)(H,106,124)(H,107,128)(H,108,126)(H,109,131)(H,110,130)(H,111,134)(H,112,123)(H,113,129)(H,120,121)(H4,98,99,100)/t53?,58-,59-,60-,61-,62?,63?,64?,65-,66-,67-,68-,69-,70-,71-,72-,74-/m0/s1. The number of aliphatic hydroxyl groups excluding tert-OH is 1. The van der Waals surface area contributed by atoms with Gasteiger partial charge in [-0.25, -0.2) is 0 Å². The highest BCUT2D eigenvalue weighted by Gasteiger charge is 2.47. The van der Waals surface area contributed by atoms with E-state index in [4.69, 9.17) is 45.7 Å². The number of unbranched alkanes of at least 4 members (excludes halogenated alkanes) is 3. The Morgan fingerprint density at radius 1 is 0.536 bits per heavy atom. The molecule has 45 nitrogen and oxygen atoms in total. The maximum Gasteiger partial charge on any atom is 0.303 e. The zero-order chi connectivity index (χ0) is 103. The Hall–Kier alpha value is -11.5. The number of halogens is 1. The number of hydrogen-bond acceptors (Lipinski definition) is 26. The Kier molecular flexibility index (Phi) is 48.9. The Morgan fingerprint density at radius 2 is 1.07 bits per heavy atom. The van der Waals surface area contributed by atoms with Crippen LogP contribution in [-0.2, 0) is 104 Å². The molecule has 0 radical (unpaired) electrons. The number of nitrogens with zero attached hydrogens (tertiary/aromatic N) is 4. The number of primary amides is 1. The fourth-order valence-corrected chi connectivity index (χ4v) is 19.8. The molecule has 0 bridgehead atoms. The number of guanidine groups is 1. The fourth-order valence-electron chi connectivity index (χ4n) is 17.4. The van der Waals surface area contributed by atoms with Gasteiger partial charge in [-0.15, -0.1) is 0 Å². The topological polar surface area (TPSA) is 700 Å². The monoisotopic (exact) mass is 2020 g/mol. The van der Waals surface area contributed by atoms with E-state index in [0.29, 0.717) is 56.1 Å². The van der Waals surface area contributed by atoms with Gasteiger partial charge in [0.1, 0.15) is 103 Å². The Balaban J connectivity index is 1.35. The first-order chi connectivity index (χ1) is 66.8. The summed E-state index contributed by atoms with van der Waals surface area (Å²) in [7, 11) is 1.91. The molecule has 4 unspecified atom stereocenters. The minimum Gasteiger partial charge on any atom is -0.481 e. The first-order valence-electron chi connectivity index (χ1n) is 48.3. The molecule has 2 aromatic carbocycles. The predicted molar refractivity (Wildman–Crippen MR) is 521 cm³/mol. The molecule has 5 saturated heterocycles. The number of benzene rings is 2. The Morgan fingerprint density at radius 3 is 1.67 bits per heavy atom. The van der Waals surface area contributed by atoms with Crippen LogP contribution in [0.25, 0.3) is 0 Å². The molecule has 0 spiro atoms. The number of carbonyl (C=O) groups excluding carboxylic acids is 18. The molecule has 7 rings (SSSR count). The van der Waals surface area contributed by atoms with Gasteiger partial charge in [-0.05, 0) is 191 Å². The molecule has 5 fully saturated rings. The molecule has 776 valence electrons. The van der Waals surface area contributed by atoms with Crippen molar-refractivity contribution >= 4 is 151 Å². The van der Waals surface area contributed by atoms with Gasteiger partial charge in [-0.1, -0.05) is 109 Å². The third kappa shape index (κ3) is 36.2. The first kappa shape index (κ1) is 115. The molecule has 48 heteroatoms. The van der Waals surface area contributed by atoms with Gasteiger partial charge >= 0.3 is 5.97 Å². The van der Waals surface area contributed by atoms with Crippen LogP contribution in [0.4, 0.5) is 0 Å². The van der Waals surface area contributed by atoms with E-state index in [2.05, 4.69) is 74.4 Å². The van der Waals surface area contributed by atoms with Crippen LogP contribution in [-0.4, -0.2) is 321 Å². The van der Waals surface area contributed by atoms with Gasteiger partial charge < -0.3 is 133 Å². The van der Waals surface area contributed by atoms with E-state index >= 15 is 33.6 Å². The quantitative estimate of drug-likeness (QED) is 0.0134. The van der Waals surface area contributed by atoms with Gasteiger partial charge in [-0.2, -0.15) is 0 Å². The number of aliphatic hydroxyl groups is 1. The summed E-state index contributed by atoms with van der Waals surface area (Å²) in [5, 5.41) is 66.1. The zero-order valence-corrected chi connectivity index (χ0v) is 82.7. The highest BCUT2D eigenvalue weighted by atomic mass is 35.5. The lowest BCUT2D eigenvalue weighted by molar-refractivity contribution is -0.148. The second-order valence-corrected chi connectivity index (χ2v) is 39.2. The van der Waals surface area contributed by atoms with Gasteiger partial charge in [0.25, 0.3) is 0 Å². The second kappa shape index (κ2) is 59.3. The summed E-state index contributed by atoms with van der Waals surface area (Å²) >= 11 is 6.54. The number of nitrogens with two attached hydrogens (primary N) is 5. The van der Waals surface area contributed by atoms with Crippen molar-refractivity contribution in [3.8, 4) is 0 Å². The predicted octanol–water partition coefficient (Wildman–Crippen LogP) is -3.33. The molecule has 0 saturated carbocycles. The molecule has 2 aromatic rings. The number of rotatable bonds is 40. The van der Waals surface area contributed by atoms with Crippen LogP contribution in [0.15, 0.2) is 54.6 Å². The van der Waals surface area contributed by atoms with Gasteiger partial charge in [0.15, 0.2) is 5.96 Å². The molecule has 5 heterocycles. The third-order valence-corrected chi connectivity index (χ3v) is 27.7. The lowest BCUT2D eigenvalue weighted by atomic mass is 10.0. The van der Waals surface area contributed by atoms with Crippen LogP contribution < -0.4 is 103 Å². The number of nitrogens with one attached hydrogen (secondary N) is 15. The molecule has 18 amide bonds. The summed E-state index contributed by atoms with van der Waals surface area (Å²) in [6, 6.07) is -9.88. The Bertz CT molecular complexity index is 4610. The number of carboxylic acids is 1. The molecule has 17 atom stereocenters. The van der Waals surface area contributed by atoms with E-state index in [1.807, 2.05) is 6.92 Å². The molecule has 0 aliphatic carbocycles. The maximum absolute atomic E-state index is 15.7. The van der Waals surface area contributed by atoms with Crippen LogP contribution in [0.5, 0.6) is 0 Å². The SMILES string of the molecule is CCCCC1NC(=O)[C@H](CCCN)NC(=O)[C@H](CCCNC(=N)N)NC(=O)[C@H](CCCCN)NC(=O)C(NC(=O)[C@H](Cc2cccc(Cl)c2)NC(=O)[C@@H]2CCCN2C(=O)[C@@H](NC(C)=O)C(C)C)CCSSC[C@@H](C(=O)NC(CCCCN)C(=O)N2CCC[C@H]2C(=O)N2CCC[C@H]2C(=O)N[C@@H](CCC(=O)O)C(N)=O)NC(=O)[C@H](Cc2ccccc2)NC(=O)[C@H](CO)NC(=O)C(C)NC(=O)[C@@H]2CCCN2C1=O. The summed E-state index contributed by atoms with van der Waals surface area (Å²) in [5.41, 5.74) is 30.2. The summed E-state index contributed by atoms with van der Waals surface area (Å²) in [6.07, 6.45) is 1.51. The number of hydrogen-bond donors (Lipinski definition) is 22. The molecule has 5 aliphatic rings. The fraction of sp³-hybridized carbons (Fsp3) is 0.652. The van der Waals surface area contributed by atoms with Crippen molar-refractivity contribution in [3.05, 3.63) is 70.7 Å². The zero-order valence-electron chi connectivity index (χ0n) is 80.3. The number of carboxylic acid groups (broad SMARTS) is 1. The molecular formula is C92H143ClN24O21S2. The highest BCUT2D eigenvalue weighted by Crippen LogP contribution is 2.30. The maximum atomic E-state index is 15.7. The summed E-state index contributed by atoms with van der Waals surface area (Å²) in [5.74, 6) is -18.1. The lowest BCUT2D eigenvalue weighted by Crippen LogP contribution is -2.61. The van der Waals surface area contributed by atoms with E-state index in [1.165, 1.54) is 33.4 Å². The van der Waals surface area contributed by atoms with Crippen molar-refractivity contribution in [1.29, 1.82) is 5.41 Å². The molecule has 0 aromatic heterocycles. The van der Waals surface area contributed by atoms with E-state index in [0.717, 1.165) is 21.6 Å². The van der Waals surface area contributed by atoms with E-state index < -0.39 is 246 Å². The molecular weight excluding hydrogens is 1880 g/mol. The number of aliphatic carboxylic acids is 1. The van der Waals surface area contributed by atoms with Crippen molar-refractivity contribution in [2.24, 2.45) is 34.6 Å². The van der Waals surface area contributed by atoms with Gasteiger partial charge in [-0.3, -0.25) is 96.5 Å². The van der Waals surface area contributed by atoms with Gasteiger partial charge in [0.2, 0.25) is 106 Å². The molecule has 27 N–H and O–H groups in total. The Labute approximate surface area is 827 Å². The van der Waals surface area contributed by atoms with Gasteiger partial charge in [0.05, 0.1) is 6.61 Å².